The third-order valence-electron chi connectivity index (χ3n) is 2.00. The summed E-state index contributed by atoms with van der Waals surface area (Å²) in [4.78, 5) is 31.3. The number of hydrogen-bond donors (Lipinski definition) is 0. The van der Waals surface area contributed by atoms with Gasteiger partial charge in [0.25, 0.3) is 0 Å². The van der Waals surface area contributed by atoms with Crippen LogP contribution in [0.2, 0.25) is 0 Å². The maximum Gasteiger partial charge on any atom is 0.242 e. The van der Waals surface area contributed by atoms with E-state index in [4.69, 9.17) is 0 Å². The number of nitrogens with zero attached hydrogens (tertiary/aromatic N) is 3. The van der Waals surface area contributed by atoms with Crippen LogP contribution in [0.4, 0.5) is 11.5 Å². The first-order valence-electron chi connectivity index (χ1n) is 4.40. The van der Waals surface area contributed by atoms with Gasteiger partial charge in [0.2, 0.25) is 12.2 Å². The Morgan fingerprint density at radius 2 is 1.81 bits per heavy atom. The van der Waals surface area contributed by atoms with Crippen molar-refractivity contribution in [1.82, 2.24) is 4.98 Å². The number of aliphatic imine (C=N–C) groups is 2. The molecular formula is C11H5N3O2. The van der Waals surface area contributed by atoms with E-state index in [0.717, 1.165) is 5.39 Å². The minimum Gasteiger partial charge on any atom is -0.226 e. The first-order valence-corrected chi connectivity index (χ1v) is 4.40. The zero-order chi connectivity index (χ0) is 11.4. The second-order valence-corrected chi connectivity index (χ2v) is 2.93. The molecule has 76 valence electrons. The van der Waals surface area contributed by atoms with Crippen LogP contribution in [0.1, 0.15) is 0 Å². The average molecular weight is 211 g/mol. The van der Waals surface area contributed by atoms with Crippen molar-refractivity contribution in [2.45, 2.75) is 0 Å². The minimum absolute atomic E-state index is 0.0667. The van der Waals surface area contributed by atoms with Gasteiger partial charge in [0.15, 0.2) is 5.82 Å². The molecule has 0 unspecified atom stereocenters. The molecule has 1 aromatic heterocycles. The number of aromatic nitrogens is 1. The fraction of sp³-hybridized carbons (Fsp3) is 0. The zero-order valence-electron chi connectivity index (χ0n) is 8.04. The predicted octanol–water partition coefficient (Wildman–Crippen LogP) is 2.17. The van der Waals surface area contributed by atoms with Crippen LogP contribution >= 0.6 is 0 Å². The van der Waals surface area contributed by atoms with Gasteiger partial charge in [-0.05, 0) is 12.1 Å². The second kappa shape index (κ2) is 4.28. The van der Waals surface area contributed by atoms with Gasteiger partial charge in [0.05, 0.1) is 5.52 Å². The molecule has 2 aromatic rings. The summed E-state index contributed by atoms with van der Waals surface area (Å²) in [6.45, 7) is 0. The molecule has 0 bridgehead atoms. The molecule has 0 saturated heterocycles. The van der Waals surface area contributed by atoms with Gasteiger partial charge in [-0.1, -0.05) is 18.2 Å². The molecule has 0 spiro atoms. The monoisotopic (exact) mass is 211 g/mol. The Labute approximate surface area is 90.2 Å². The van der Waals surface area contributed by atoms with Gasteiger partial charge in [-0.25, -0.2) is 14.6 Å². The number of para-hydroxylation sites is 1. The van der Waals surface area contributed by atoms with Gasteiger partial charge in [-0.3, -0.25) is 0 Å². The highest BCUT2D eigenvalue weighted by Crippen LogP contribution is 2.28. The number of fused-ring (bicyclic) bond motifs is 1. The van der Waals surface area contributed by atoms with Crippen LogP contribution in [0.5, 0.6) is 0 Å². The molecule has 0 aliphatic heterocycles. The van der Waals surface area contributed by atoms with Crippen molar-refractivity contribution in [1.29, 1.82) is 0 Å². The zero-order valence-corrected chi connectivity index (χ0v) is 8.04. The highest BCUT2D eigenvalue weighted by atomic mass is 16.1. The van der Waals surface area contributed by atoms with Gasteiger partial charge in [-0.2, -0.15) is 4.99 Å². The van der Waals surface area contributed by atoms with Gasteiger partial charge in [-0.15, -0.1) is 4.99 Å². The normalized spacial score (nSPS) is 9.25. The van der Waals surface area contributed by atoms with Crippen LogP contribution in [0, 0.1) is 0 Å². The van der Waals surface area contributed by atoms with E-state index in [0.29, 0.717) is 5.52 Å². The van der Waals surface area contributed by atoms with E-state index < -0.39 is 0 Å². The summed E-state index contributed by atoms with van der Waals surface area (Å²) in [5.41, 5.74) is 0.874. The summed E-state index contributed by atoms with van der Waals surface area (Å²) in [6, 6.07) is 8.85. The van der Waals surface area contributed by atoms with E-state index in [1.165, 1.54) is 12.2 Å². The van der Waals surface area contributed by atoms with Gasteiger partial charge in [0, 0.05) is 5.39 Å². The molecule has 5 heteroatoms. The Hall–Kier alpha value is -2.61. The van der Waals surface area contributed by atoms with Crippen molar-refractivity contribution in [3.05, 3.63) is 30.3 Å². The van der Waals surface area contributed by atoms with E-state index >= 15 is 0 Å². The van der Waals surface area contributed by atoms with E-state index in [1.807, 2.05) is 18.2 Å². The summed E-state index contributed by atoms with van der Waals surface area (Å²) in [6.07, 6.45) is 2.76. The Morgan fingerprint density at radius 1 is 1.06 bits per heavy atom. The maximum atomic E-state index is 10.2. The molecule has 0 N–H and O–H groups in total. The fourth-order valence-corrected chi connectivity index (χ4v) is 1.35. The first-order chi connectivity index (χ1) is 7.85. The molecule has 1 heterocycles. The van der Waals surface area contributed by atoms with E-state index in [2.05, 4.69) is 15.0 Å². The number of carbonyl (C=O) groups excluding carboxylic acids is 2. The highest BCUT2D eigenvalue weighted by molar-refractivity contribution is 5.85. The molecule has 0 radical (unpaired) electrons. The highest BCUT2D eigenvalue weighted by Gasteiger charge is 2.04. The van der Waals surface area contributed by atoms with Crippen molar-refractivity contribution in [3.63, 3.8) is 0 Å². The number of hydrogen-bond acceptors (Lipinski definition) is 5. The Morgan fingerprint density at radius 3 is 2.56 bits per heavy atom. The summed E-state index contributed by atoms with van der Waals surface area (Å²) in [7, 11) is 0. The lowest BCUT2D eigenvalue weighted by Gasteiger charge is -1.99. The third-order valence-corrected chi connectivity index (χ3v) is 2.00. The standard InChI is InChI=1S/C11H5N3O2/c15-6-12-10-5-8-3-1-2-4-9(8)14-11(10)13-7-16/h1-5H. The van der Waals surface area contributed by atoms with Crippen LogP contribution in [-0.2, 0) is 9.59 Å². The van der Waals surface area contributed by atoms with E-state index in [9.17, 15) is 9.59 Å². The summed E-state index contributed by atoms with van der Waals surface area (Å²) in [5.74, 6) is 0.0667. The largest absolute Gasteiger partial charge is 0.242 e. The Balaban J connectivity index is 2.80. The SMILES string of the molecule is O=C=Nc1cc2ccccc2nc1N=C=O. The molecule has 1 aromatic carbocycles. The average Bonchev–Trinajstić information content (AvgIpc) is 2.30. The lowest BCUT2D eigenvalue weighted by Crippen LogP contribution is -1.80. The summed E-state index contributed by atoms with van der Waals surface area (Å²) in [5, 5.41) is 0.807. The van der Waals surface area contributed by atoms with E-state index in [-0.39, 0.29) is 11.5 Å². The molecule has 0 aliphatic rings. The van der Waals surface area contributed by atoms with Crippen LogP contribution in [0.15, 0.2) is 40.3 Å². The first kappa shape index (κ1) is 9.93. The molecule has 5 nitrogen and oxygen atoms in total. The van der Waals surface area contributed by atoms with Crippen molar-refractivity contribution in [2.75, 3.05) is 0 Å². The molecule has 0 atom stereocenters. The Kier molecular flexibility index (Phi) is 2.65. The quantitative estimate of drug-likeness (QED) is 0.564. The molecule has 0 amide bonds. The molecule has 0 aliphatic carbocycles. The van der Waals surface area contributed by atoms with Crippen LogP contribution in [-0.4, -0.2) is 17.1 Å². The number of benzene rings is 1. The third kappa shape index (κ3) is 1.77. The maximum absolute atomic E-state index is 10.2. The van der Waals surface area contributed by atoms with Crippen molar-refractivity contribution >= 4 is 34.6 Å². The molecule has 16 heavy (non-hydrogen) atoms. The van der Waals surface area contributed by atoms with Crippen LogP contribution < -0.4 is 0 Å². The fourth-order valence-electron chi connectivity index (χ4n) is 1.35. The number of isocyanates is 2. The van der Waals surface area contributed by atoms with Gasteiger partial charge in [0.1, 0.15) is 5.69 Å². The molecular weight excluding hydrogens is 206 g/mol. The predicted molar refractivity (Wildman–Crippen MR) is 57.3 cm³/mol. The number of rotatable bonds is 2. The second-order valence-electron chi connectivity index (χ2n) is 2.93. The lowest BCUT2D eigenvalue weighted by atomic mass is 10.2. The molecule has 2 rings (SSSR count). The summed E-state index contributed by atoms with van der Waals surface area (Å²) >= 11 is 0. The summed E-state index contributed by atoms with van der Waals surface area (Å²) < 4.78 is 0. The lowest BCUT2D eigenvalue weighted by molar-refractivity contribution is 0.564. The van der Waals surface area contributed by atoms with Crippen LogP contribution in [0.3, 0.4) is 0 Å². The molecule has 0 fully saturated rings. The smallest absolute Gasteiger partial charge is 0.226 e. The van der Waals surface area contributed by atoms with Crippen LogP contribution in [0.25, 0.3) is 10.9 Å². The minimum atomic E-state index is 0.0667. The Bertz CT molecular complexity index is 582. The van der Waals surface area contributed by atoms with Crippen molar-refractivity contribution in [2.24, 2.45) is 9.98 Å². The number of pyridine rings is 1. The van der Waals surface area contributed by atoms with Crippen molar-refractivity contribution < 1.29 is 9.59 Å². The van der Waals surface area contributed by atoms with Gasteiger partial charge >= 0.3 is 0 Å². The van der Waals surface area contributed by atoms with E-state index in [1.54, 1.807) is 12.1 Å². The molecule has 0 saturated carbocycles. The van der Waals surface area contributed by atoms with Gasteiger partial charge < -0.3 is 0 Å². The van der Waals surface area contributed by atoms with Crippen molar-refractivity contribution in [3.8, 4) is 0 Å². The topological polar surface area (TPSA) is 71.8 Å².